The highest BCUT2D eigenvalue weighted by atomic mass is 16.4. The Morgan fingerprint density at radius 2 is 1.08 bits per heavy atom. The molecule has 142 valence electrons. The number of aliphatic hydroxyl groups excluding tert-OH is 1. The average molecular weight is 343 g/mol. The molecule has 0 unspecified atom stereocenters. The zero-order valence-corrected chi connectivity index (χ0v) is 15.2. The van der Waals surface area contributed by atoms with Crippen molar-refractivity contribution in [3.63, 3.8) is 0 Å². The Bertz CT molecular complexity index is 311. The van der Waals surface area contributed by atoms with E-state index >= 15 is 0 Å². The van der Waals surface area contributed by atoms with E-state index in [9.17, 15) is 4.79 Å². The second-order valence-corrected chi connectivity index (χ2v) is 6.23. The van der Waals surface area contributed by atoms with E-state index in [1.165, 1.54) is 77.0 Å². The molecule has 0 radical (unpaired) electrons. The normalized spacial score (nSPS) is 11.2. The highest BCUT2D eigenvalue weighted by Gasteiger charge is 1.93. The number of unbranched alkanes of at least 4 members (excludes halogenated alkanes) is 13. The molecule has 0 aromatic rings. The first-order valence-electron chi connectivity index (χ1n) is 9.44. The number of aliphatic carboxylic acids is 1. The zero-order chi connectivity index (χ0) is 17.0. The van der Waals surface area contributed by atoms with Crippen LogP contribution in [0, 0.1) is 0 Å². The van der Waals surface area contributed by atoms with Gasteiger partial charge in [0.1, 0.15) is 0 Å². The maximum atomic E-state index is 10.2. The topological polar surface area (TPSA) is 89.0 Å². The Hall–Kier alpha value is -1.13. The first-order chi connectivity index (χ1) is 11.3. The third kappa shape index (κ3) is 23.1. The molecular weight excluding hydrogens is 304 g/mol. The largest absolute Gasteiger partial charge is 0.478 e. The van der Waals surface area contributed by atoms with Gasteiger partial charge in [-0.1, -0.05) is 88.9 Å². The van der Waals surface area contributed by atoms with E-state index in [0.29, 0.717) is 6.61 Å². The minimum Gasteiger partial charge on any atom is -0.478 e. The van der Waals surface area contributed by atoms with Crippen molar-refractivity contribution in [2.45, 2.75) is 89.9 Å². The van der Waals surface area contributed by atoms with Crippen molar-refractivity contribution < 1.29 is 20.5 Å². The molecule has 0 aliphatic carbocycles. The van der Waals surface area contributed by atoms with Crippen LogP contribution in [0.4, 0.5) is 0 Å². The zero-order valence-electron chi connectivity index (χ0n) is 15.2. The Kier molecular flexibility index (Phi) is 22.9. The van der Waals surface area contributed by atoms with Crippen LogP contribution in [0.5, 0.6) is 0 Å². The van der Waals surface area contributed by atoms with Gasteiger partial charge in [-0.3, -0.25) is 0 Å². The molecule has 0 saturated heterocycles. The molecule has 0 rings (SSSR count). The van der Waals surface area contributed by atoms with Gasteiger partial charge in [-0.2, -0.15) is 0 Å². The van der Waals surface area contributed by atoms with Crippen LogP contribution in [-0.4, -0.2) is 28.3 Å². The predicted octanol–water partition coefficient (Wildman–Crippen LogP) is 4.81. The van der Waals surface area contributed by atoms with Gasteiger partial charge in [-0.15, -0.1) is 0 Å². The maximum Gasteiger partial charge on any atom is 0.328 e. The Morgan fingerprint density at radius 3 is 1.50 bits per heavy atom. The Balaban J connectivity index is 0. The van der Waals surface area contributed by atoms with E-state index in [1.54, 1.807) is 6.08 Å². The standard InChI is InChI=1S/C20H36O3.H2O/c21-19-17-15-13-11-9-7-5-3-1-2-4-6-8-10-12-14-16-18-20(22)23;/h12,14,16,18,21H,1-11,13,15,17,19H2,(H,22,23);1H2. The Labute approximate surface area is 148 Å². The van der Waals surface area contributed by atoms with E-state index in [-0.39, 0.29) is 5.48 Å². The summed E-state index contributed by atoms with van der Waals surface area (Å²) in [5, 5.41) is 17.1. The van der Waals surface area contributed by atoms with Crippen molar-refractivity contribution in [3.8, 4) is 0 Å². The summed E-state index contributed by atoms with van der Waals surface area (Å²) in [6, 6.07) is 0. The number of aliphatic hydroxyl groups is 1. The molecule has 24 heavy (non-hydrogen) atoms. The van der Waals surface area contributed by atoms with Gasteiger partial charge in [0.15, 0.2) is 0 Å². The van der Waals surface area contributed by atoms with Gasteiger partial charge < -0.3 is 15.7 Å². The molecule has 0 aliphatic rings. The fourth-order valence-electron chi connectivity index (χ4n) is 2.63. The summed E-state index contributed by atoms with van der Waals surface area (Å²) in [6.45, 7) is 0.345. The second-order valence-electron chi connectivity index (χ2n) is 6.23. The number of allylic oxidation sites excluding steroid dienone is 3. The SMILES string of the molecule is O.O=C(O)C=CC=CCCCCCCCCCCCCCCCO. The number of carboxylic acids is 1. The van der Waals surface area contributed by atoms with Crippen LogP contribution in [0.3, 0.4) is 0 Å². The monoisotopic (exact) mass is 342 g/mol. The predicted molar refractivity (Wildman–Crippen MR) is 101 cm³/mol. The number of rotatable bonds is 17. The lowest BCUT2D eigenvalue weighted by molar-refractivity contribution is -0.131. The van der Waals surface area contributed by atoms with Crippen molar-refractivity contribution in [2.24, 2.45) is 0 Å². The first-order valence-corrected chi connectivity index (χ1v) is 9.44. The molecule has 0 heterocycles. The lowest BCUT2D eigenvalue weighted by Gasteiger charge is -2.02. The van der Waals surface area contributed by atoms with E-state index < -0.39 is 5.97 Å². The fourth-order valence-corrected chi connectivity index (χ4v) is 2.63. The van der Waals surface area contributed by atoms with Crippen LogP contribution < -0.4 is 0 Å². The smallest absolute Gasteiger partial charge is 0.328 e. The number of carbonyl (C=O) groups is 1. The molecule has 4 N–H and O–H groups in total. The summed E-state index contributed by atoms with van der Waals surface area (Å²) in [4.78, 5) is 10.2. The average Bonchev–Trinajstić information content (AvgIpc) is 2.53. The number of hydrogen-bond acceptors (Lipinski definition) is 2. The third-order valence-electron chi connectivity index (χ3n) is 4.01. The number of carboxylic acid groups (broad SMARTS) is 1. The Morgan fingerprint density at radius 1 is 0.667 bits per heavy atom. The molecule has 4 heteroatoms. The molecule has 0 fully saturated rings. The fraction of sp³-hybridized carbons (Fsp3) is 0.750. The lowest BCUT2D eigenvalue weighted by atomic mass is 10.0. The summed E-state index contributed by atoms with van der Waals surface area (Å²) in [7, 11) is 0. The minimum absolute atomic E-state index is 0. The summed E-state index contributed by atoms with van der Waals surface area (Å²) in [6.07, 6.45) is 24.4. The number of hydrogen-bond donors (Lipinski definition) is 2. The molecule has 0 spiro atoms. The van der Waals surface area contributed by atoms with Crippen molar-refractivity contribution >= 4 is 5.97 Å². The van der Waals surface area contributed by atoms with Gasteiger partial charge in [0, 0.05) is 12.7 Å². The van der Waals surface area contributed by atoms with Gasteiger partial charge in [0.05, 0.1) is 0 Å². The second kappa shape index (κ2) is 21.9. The van der Waals surface area contributed by atoms with Gasteiger partial charge in [0.2, 0.25) is 0 Å². The van der Waals surface area contributed by atoms with Crippen LogP contribution in [0.1, 0.15) is 89.9 Å². The molecule has 0 aromatic heterocycles. The van der Waals surface area contributed by atoms with Crippen LogP contribution in [0.25, 0.3) is 0 Å². The molecular formula is C20H38O4. The van der Waals surface area contributed by atoms with Gasteiger partial charge >= 0.3 is 5.97 Å². The molecule has 0 aliphatic heterocycles. The minimum atomic E-state index is -0.892. The van der Waals surface area contributed by atoms with Crippen molar-refractivity contribution in [1.82, 2.24) is 0 Å². The third-order valence-corrected chi connectivity index (χ3v) is 4.01. The maximum absolute atomic E-state index is 10.2. The molecule has 0 saturated carbocycles. The van der Waals surface area contributed by atoms with Crippen molar-refractivity contribution in [1.29, 1.82) is 0 Å². The van der Waals surface area contributed by atoms with E-state index in [4.69, 9.17) is 10.2 Å². The lowest BCUT2D eigenvalue weighted by Crippen LogP contribution is -1.85. The molecule has 0 amide bonds. The summed E-state index contributed by atoms with van der Waals surface area (Å²) < 4.78 is 0. The molecule has 0 aromatic carbocycles. The van der Waals surface area contributed by atoms with Gasteiger partial charge in [0.25, 0.3) is 0 Å². The molecule has 0 atom stereocenters. The van der Waals surface area contributed by atoms with Crippen LogP contribution >= 0.6 is 0 Å². The van der Waals surface area contributed by atoms with Crippen LogP contribution in [-0.2, 0) is 4.79 Å². The van der Waals surface area contributed by atoms with Crippen molar-refractivity contribution in [3.05, 3.63) is 24.3 Å². The van der Waals surface area contributed by atoms with Gasteiger partial charge in [-0.25, -0.2) is 4.79 Å². The highest BCUT2D eigenvalue weighted by Crippen LogP contribution is 2.13. The van der Waals surface area contributed by atoms with Crippen molar-refractivity contribution in [2.75, 3.05) is 6.61 Å². The summed E-state index contributed by atoms with van der Waals surface area (Å²) >= 11 is 0. The van der Waals surface area contributed by atoms with E-state index in [1.807, 2.05) is 12.2 Å². The molecule has 0 bridgehead atoms. The van der Waals surface area contributed by atoms with Crippen LogP contribution in [0.2, 0.25) is 0 Å². The molecule has 4 nitrogen and oxygen atoms in total. The van der Waals surface area contributed by atoms with Gasteiger partial charge in [-0.05, 0) is 19.3 Å². The quantitative estimate of drug-likeness (QED) is 0.226. The summed E-state index contributed by atoms with van der Waals surface area (Å²) in [5.41, 5.74) is 0. The first kappa shape index (κ1) is 25.1. The van der Waals surface area contributed by atoms with E-state index in [0.717, 1.165) is 18.9 Å². The summed E-state index contributed by atoms with van der Waals surface area (Å²) in [5.74, 6) is -0.892. The van der Waals surface area contributed by atoms with E-state index in [2.05, 4.69) is 0 Å². The highest BCUT2D eigenvalue weighted by molar-refractivity contribution is 5.80. The van der Waals surface area contributed by atoms with Crippen LogP contribution in [0.15, 0.2) is 24.3 Å².